The molecule has 3 fully saturated rings. The number of allylic oxidation sites excluding steroid dienone is 2. The number of nitrogens with zero attached hydrogens (tertiary/aromatic N) is 1. The van der Waals surface area contributed by atoms with Gasteiger partial charge in [0.1, 0.15) is 12.0 Å². The number of hydrogen-bond donors (Lipinski definition) is 0. The Hall–Kier alpha value is -3.54. The van der Waals surface area contributed by atoms with Crippen LogP contribution < -0.4 is 9.64 Å². The highest BCUT2D eigenvalue weighted by molar-refractivity contribution is 6.22. The molecular formula is C25H19NO5. The van der Waals surface area contributed by atoms with Gasteiger partial charge in [-0.05, 0) is 78.6 Å². The number of esters is 1. The molecule has 2 amide bonds. The summed E-state index contributed by atoms with van der Waals surface area (Å²) < 4.78 is 5.33. The van der Waals surface area contributed by atoms with E-state index < -0.39 is 5.97 Å². The third kappa shape index (κ3) is 2.64. The van der Waals surface area contributed by atoms with E-state index in [-0.39, 0.29) is 35.5 Å². The Labute approximate surface area is 178 Å². The second-order valence-electron chi connectivity index (χ2n) is 8.79. The van der Waals surface area contributed by atoms with Crippen LogP contribution in [-0.4, -0.2) is 24.1 Å². The second kappa shape index (κ2) is 6.48. The number of imide groups is 1. The van der Waals surface area contributed by atoms with Gasteiger partial charge in [0.2, 0.25) is 11.8 Å². The highest BCUT2D eigenvalue weighted by atomic mass is 16.5. The number of anilines is 1. The first-order valence-corrected chi connectivity index (χ1v) is 10.5. The lowest BCUT2D eigenvalue weighted by Crippen LogP contribution is -2.40. The molecule has 31 heavy (non-hydrogen) atoms. The first-order chi connectivity index (χ1) is 15.1. The van der Waals surface area contributed by atoms with E-state index in [1.807, 2.05) is 0 Å². The van der Waals surface area contributed by atoms with Crippen LogP contribution in [0.1, 0.15) is 27.1 Å². The molecule has 154 valence electrons. The average molecular weight is 413 g/mol. The molecule has 2 bridgehead atoms. The second-order valence-corrected chi connectivity index (χ2v) is 8.79. The molecule has 6 unspecified atom stereocenters. The van der Waals surface area contributed by atoms with E-state index in [0.717, 1.165) is 6.42 Å². The van der Waals surface area contributed by atoms with E-state index in [1.54, 1.807) is 48.5 Å². The molecular weight excluding hydrogens is 394 g/mol. The van der Waals surface area contributed by atoms with Crippen LogP contribution in [0, 0.1) is 35.5 Å². The summed E-state index contributed by atoms with van der Waals surface area (Å²) in [6.45, 7) is 0. The first-order valence-electron chi connectivity index (χ1n) is 10.5. The lowest BCUT2D eigenvalue weighted by Gasteiger charge is -2.37. The highest BCUT2D eigenvalue weighted by Crippen LogP contribution is 2.65. The van der Waals surface area contributed by atoms with Crippen LogP contribution in [0.5, 0.6) is 5.75 Å². The maximum Gasteiger partial charge on any atom is 0.343 e. The van der Waals surface area contributed by atoms with E-state index >= 15 is 0 Å². The molecule has 0 spiro atoms. The molecule has 0 radical (unpaired) electrons. The Morgan fingerprint density at radius 3 is 2.00 bits per heavy atom. The van der Waals surface area contributed by atoms with E-state index in [9.17, 15) is 19.2 Å². The Morgan fingerprint density at radius 1 is 0.871 bits per heavy atom. The monoisotopic (exact) mass is 413 g/mol. The molecule has 6 atom stereocenters. The highest BCUT2D eigenvalue weighted by Gasteiger charge is 2.67. The van der Waals surface area contributed by atoms with E-state index in [1.165, 1.54) is 4.90 Å². The van der Waals surface area contributed by atoms with Crippen LogP contribution in [0.2, 0.25) is 0 Å². The van der Waals surface area contributed by atoms with Crippen molar-refractivity contribution in [3.63, 3.8) is 0 Å². The van der Waals surface area contributed by atoms with Crippen molar-refractivity contribution in [2.45, 2.75) is 6.42 Å². The van der Waals surface area contributed by atoms with Gasteiger partial charge in [-0.2, -0.15) is 0 Å². The summed E-state index contributed by atoms with van der Waals surface area (Å²) in [6, 6.07) is 12.6. The molecule has 1 aliphatic heterocycles. The summed E-state index contributed by atoms with van der Waals surface area (Å²) >= 11 is 0. The molecule has 0 aromatic heterocycles. The van der Waals surface area contributed by atoms with Crippen molar-refractivity contribution in [3.8, 4) is 5.75 Å². The number of rotatable bonds is 4. The molecule has 2 saturated carbocycles. The standard InChI is InChI=1S/C25H19NO5/c27-12-13-1-7-16(8-2-13)31-25(30)14-3-5-15(6-4-14)26-23(28)21-17-9-10-18(20-11-19(17)20)22(21)24(26)29/h1-10,12,17-22H,11H2. The van der Waals surface area contributed by atoms with Crippen LogP contribution in [0.25, 0.3) is 0 Å². The maximum atomic E-state index is 13.2. The van der Waals surface area contributed by atoms with Crippen molar-refractivity contribution in [1.82, 2.24) is 0 Å². The number of ether oxygens (including phenoxy) is 1. The Balaban J connectivity index is 1.21. The molecule has 5 aliphatic rings. The predicted octanol–water partition coefficient (Wildman–Crippen LogP) is 3.28. The summed E-state index contributed by atoms with van der Waals surface area (Å²) in [5, 5.41) is 0. The fourth-order valence-corrected chi connectivity index (χ4v) is 5.74. The lowest BCUT2D eigenvalue weighted by atomic mass is 9.63. The Kier molecular flexibility index (Phi) is 3.81. The normalized spacial score (nSPS) is 31.9. The van der Waals surface area contributed by atoms with Crippen molar-refractivity contribution in [1.29, 1.82) is 0 Å². The third-order valence-corrected chi connectivity index (χ3v) is 7.25. The molecule has 1 heterocycles. The van der Waals surface area contributed by atoms with Gasteiger partial charge >= 0.3 is 5.97 Å². The molecule has 7 rings (SSSR count). The van der Waals surface area contributed by atoms with Crippen LogP contribution in [0.3, 0.4) is 0 Å². The van der Waals surface area contributed by atoms with Gasteiger partial charge in [-0.25, -0.2) is 4.79 Å². The molecule has 2 aromatic carbocycles. The molecule has 6 nitrogen and oxygen atoms in total. The Bertz CT molecular complexity index is 1110. The van der Waals surface area contributed by atoms with Crippen molar-refractivity contribution in [3.05, 3.63) is 71.8 Å². The van der Waals surface area contributed by atoms with Crippen LogP contribution in [0.4, 0.5) is 5.69 Å². The minimum atomic E-state index is -0.555. The van der Waals surface area contributed by atoms with E-state index in [2.05, 4.69) is 12.2 Å². The minimum Gasteiger partial charge on any atom is -0.423 e. The van der Waals surface area contributed by atoms with Crippen molar-refractivity contribution >= 4 is 29.8 Å². The van der Waals surface area contributed by atoms with Crippen molar-refractivity contribution in [2.24, 2.45) is 35.5 Å². The first kappa shape index (κ1) is 18.2. The van der Waals surface area contributed by atoms with Gasteiger partial charge < -0.3 is 4.74 Å². The SMILES string of the molecule is O=Cc1ccc(OC(=O)c2ccc(N3C(=O)C4C5C=CC(C6CC56)C4C3=O)cc2)cc1. The number of benzene rings is 2. The number of aldehydes is 1. The van der Waals surface area contributed by atoms with Gasteiger partial charge in [-0.15, -0.1) is 0 Å². The number of carbonyl (C=O) groups excluding carboxylic acids is 4. The molecule has 6 heteroatoms. The average Bonchev–Trinajstić information content (AvgIpc) is 3.58. The fraction of sp³-hybridized carbons (Fsp3) is 0.280. The van der Waals surface area contributed by atoms with Crippen molar-refractivity contribution < 1.29 is 23.9 Å². The third-order valence-electron chi connectivity index (χ3n) is 7.25. The zero-order valence-electron chi connectivity index (χ0n) is 16.5. The van der Waals surface area contributed by atoms with Gasteiger partial charge in [0, 0.05) is 5.56 Å². The summed E-state index contributed by atoms with van der Waals surface area (Å²) in [7, 11) is 0. The van der Waals surface area contributed by atoms with Crippen LogP contribution >= 0.6 is 0 Å². The van der Waals surface area contributed by atoms with Crippen molar-refractivity contribution in [2.75, 3.05) is 4.90 Å². The molecule has 2 aromatic rings. The number of carbonyl (C=O) groups is 4. The van der Waals surface area contributed by atoms with Gasteiger partial charge in [0.15, 0.2) is 0 Å². The van der Waals surface area contributed by atoms with E-state index in [4.69, 9.17) is 4.74 Å². The minimum absolute atomic E-state index is 0.120. The van der Waals surface area contributed by atoms with Gasteiger partial charge in [0.05, 0.1) is 23.1 Å². The number of amides is 2. The summed E-state index contributed by atoms with van der Waals surface area (Å²) in [5.41, 5.74) is 1.29. The Morgan fingerprint density at radius 2 is 1.45 bits per heavy atom. The molecule has 0 N–H and O–H groups in total. The molecule has 1 saturated heterocycles. The molecule has 4 aliphatic carbocycles. The maximum absolute atomic E-state index is 13.2. The van der Waals surface area contributed by atoms with Crippen LogP contribution in [-0.2, 0) is 9.59 Å². The topological polar surface area (TPSA) is 80.8 Å². The lowest BCUT2D eigenvalue weighted by molar-refractivity contribution is -0.124. The van der Waals surface area contributed by atoms with Gasteiger partial charge in [-0.1, -0.05) is 12.2 Å². The van der Waals surface area contributed by atoms with E-state index in [0.29, 0.717) is 40.7 Å². The summed E-state index contributed by atoms with van der Waals surface area (Å²) in [4.78, 5) is 50.8. The smallest absolute Gasteiger partial charge is 0.343 e. The predicted molar refractivity (Wildman–Crippen MR) is 110 cm³/mol. The van der Waals surface area contributed by atoms with Crippen LogP contribution in [0.15, 0.2) is 60.7 Å². The van der Waals surface area contributed by atoms with Gasteiger partial charge in [-0.3, -0.25) is 19.3 Å². The quantitative estimate of drug-likeness (QED) is 0.253. The summed E-state index contributed by atoms with van der Waals surface area (Å²) in [5.74, 6) is 0.528. The summed E-state index contributed by atoms with van der Waals surface area (Å²) in [6.07, 6.45) is 6.14. The number of hydrogen-bond acceptors (Lipinski definition) is 5. The van der Waals surface area contributed by atoms with Gasteiger partial charge in [0.25, 0.3) is 0 Å². The fourth-order valence-electron chi connectivity index (χ4n) is 5.74. The zero-order chi connectivity index (χ0) is 21.3. The zero-order valence-corrected chi connectivity index (χ0v) is 16.5. The largest absolute Gasteiger partial charge is 0.423 e.